The molecule has 2 rings (SSSR count). The van der Waals surface area contributed by atoms with Gasteiger partial charge in [0.05, 0.1) is 4.92 Å². The van der Waals surface area contributed by atoms with Crippen LogP contribution in [0.4, 0.5) is 15.8 Å². The number of hydrogen-bond acceptors (Lipinski definition) is 3. The standard InChI is InChI=1S/C15H14BrFN2O2/c1-9-3-4-11(7-14(9)17)10(2)18-15-6-5-12(19(20)21)8-13(15)16/h3-8,10,18H,1-2H3. The Labute approximate surface area is 130 Å². The molecule has 0 aliphatic heterocycles. The number of halogens is 2. The number of nitrogens with one attached hydrogen (secondary N) is 1. The van der Waals surface area contributed by atoms with Crippen molar-refractivity contribution in [3.8, 4) is 0 Å². The summed E-state index contributed by atoms with van der Waals surface area (Å²) in [4.78, 5) is 10.2. The molecule has 0 aromatic heterocycles. The maximum atomic E-state index is 13.6. The molecule has 0 saturated heterocycles. The van der Waals surface area contributed by atoms with Gasteiger partial charge in [-0.05, 0) is 53.0 Å². The smallest absolute Gasteiger partial charge is 0.270 e. The highest BCUT2D eigenvalue weighted by Crippen LogP contribution is 2.30. The lowest BCUT2D eigenvalue weighted by atomic mass is 10.1. The molecule has 1 N–H and O–H groups in total. The van der Waals surface area contributed by atoms with E-state index in [2.05, 4.69) is 21.2 Å². The van der Waals surface area contributed by atoms with Gasteiger partial charge >= 0.3 is 0 Å². The summed E-state index contributed by atoms with van der Waals surface area (Å²) in [5.74, 6) is -0.246. The van der Waals surface area contributed by atoms with E-state index < -0.39 is 4.92 Å². The Kier molecular flexibility index (Phi) is 4.57. The molecule has 0 amide bonds. The minimum atomic E-state index is -0.451. The Morgan fingerprint density at radius 3 is 2.57 bits per heavy atom. The summed E-state index contributed by atoms with van der Waals surface area (Å²) in [7, 11) is 0. The predicted octanol–water partition coefficient (Wildman–Crippen LogP) is 4.98. The molecule has 0 aliphatic rings. The first-order valence-electron chi connectivity index (χ1n) is 6.35. The topological polar surface area (TPSA) is 55.2 Å². The van der Waals surface area contributed by atoms with E-state index in [1.54, 1.807) is 19.1 Å². The molecule has 0 saturated carbocycles. The maximum Gasteiger partial charge on any atom is 0.270 e. The minimum Gasteiger partial charge on any atom is -0.378 e. The SMILES string of the molecule is Cc1ccc(C(C)Nc2ccc([N+](=O)[O-])cc2Br)cc1F. The van der Waals surface area contributed by atoms with Gasteiger partial charge in [0.1, 0.15) is 5.82 Å². The van der Waals surface area contributed by atoms with Crippen molar-refractivity contribution in [3.05, 3.63) is 67.9 Å². The zero-order chi connectivity index (χ0) is 15.6. The van der Waals surface area contributed by atoms with E-state index in [9.17, 15) is 14.5 Å². The van der Waals surface area contributed by atoms with E-state index in [-0.39, 0.29) is 17.5 Å². The van der Waals surface area contributed by atoms with Gasteiger partial charge in [0.2, 0.25) is 0 Å². The van der Waals surface area contributed by atoms with E-state index >= 15 is 0 Å². The quantitative estimate of drug-likeness (QED) is 0.623. The molecular formula is C15H14BrFN2O2. The number of anilines is 1. The first-order valence-corrected chi connectivity index (χ1v) is 7.14. The van der Waals surface area contributed by atoms with Crippen LogP contribution in [0.5, 0.6) is 0 Å². The van der Waals surface area contributed by atoms with Crippen LogP contribution in [0, 0.1) is 22.9 Å². The first kappa shape index (κ1) is 15.4. The van der Waals surface area contributed by atoms with Gasteiger partial charge in [-0.2, -0.15) is 0 Å². The second kappa shape index (κ2) is 6.22. The van der Waals surface area contributed by atoms with Gasteiger partial charge < -0.3 is 5.32 Å². The van der Waals surface area contributed by atoms with E-state index in [0.29, 0.717) is 15.7 Å². The van der Waals surface area contributed by atoms with Crippen LogP contribution in [-0.4, -0.2) is 4.92 Å². The largest absolute Gasteiger partial charge is 0.378 e. The number of hydrogen-bond donors (Lipinski definition) is 1. The van der Waals surface area contributed by atoms with Gasteiger partial charge in [-0.3, -0.25) is 10.1 Å². The fourth-order valence-electron chi connectivity index (χ4n) is 1.93. The number of aryl methyl sites for hydroxylation is 1. The zero-order valence-corrected chi connectivity index (χ0v) is 13.1. The highest BCUT2D eigenvalue weighted by Gasteiger charge is 2.12. The number of benzene rings is 2. The normalized spacial score (nSPS) is 12.0. The minimum absolute atomic E-state index is 0.0152. The van der Waals surface area contributed by atoms with Crippen LogP contribution >= 0.6 is 15.9 Å². The van der Waals surface area contributed by atoms with Crippen LogP contribution in [0.3, 0.4) is 0 Å². The van der Waals surface area contributed by atoms with Crippen LogP contribution in [0.2, 0.25) is 0 Å². The van der Waals surface area contributed by atoms with Crippen LogP contribution < -0.4 is 5.32 Å². The molecule has 0 bridgehead atoms. The van der Waals surface area contributed by atoms with Crippen LogP contribution in [0.15, 0.2) is 40.9 Å². The van der Waals surface area contributed by atoms with Gasteiger partial charge in [-0.1, -0.05) is 12.1 Å². The van der Waals surface area contributed by atoms with Crippen molar-refractivity contribution in [2.75, 3.05) is 5.32 Å². The molecule has 0 fully saturated rings. The molecule has 21 heavy (non-hydrogen) atoms. The number of nitro benzene ring substituents is 1. The van der Waals surface area contributed by atoms with Crippen molar-refractivity contribution >= 4 is 27.3 Å². The number of nitrogens with zero attached hydrogens (tertiary/aromatic N) is 1. The molecule has 0 spiro atoms. The molecule has 4 nitrogen and oxygen atoms in total. The van der Waals surface area contributed by atoms with E-state index in [0.717, 1.165) is 5.56 Å². The Hall–Kier alpha value is -1.95. The van der Waals surface area contributed by atoms with E-state index in [1.165, 1.54) is 18.2 Å². The second-order valence-corrected chi connectivity index (χ2v) is 5.65. The third kappa shape index (κ3) is 3.58. The third-order valence-corrected chi connectivity index (χ3v) is 3.89. The van der Waals surface area contributed by atoms with E-state index in [4.69, 9.17) is 0 Å². The van der Waals surface area contributed by atoms with Gasteiger partial charge in [-0.15, -0.1) is 0 Å². The maximum absolute atomic E-state index is 13.6. The lowest BCUT2D eigenvalue weighted by Gasteiger charge is -2.17. The summed E-state index contributed by atoms with van der Waals surface area (Å²) in [6.07, 6.45) is 0. The fraction of sp³-hybridized carbons (Fsp3) is 0.200. The Morgan fingerprint density at radius 2 is 2.00 bits per heavy atom. The van der Waals surface area contributed by atoms with Crippen molar-refractivity contribution < 1.29 is 9.31 Å². The summed E-state index contributed by atoms with van der Waals surface area (Å²) >= 11 is 3.30. The van der Waals surface area contributed by atoms with Gasteiger partial charge in [-0.25, -0.2) is 4.39 Å². The van der Waals surface area contributed by atoms with Crippen molar-refractivity contribution in [1.82, 2.24) is 0 Å². The first-order chi connectivity index (χ1) is 9.88. The molecule has 0 aliphatic carbocycles. The molecule has 1 atom stereocenters. The predicted molar refractivity (Wildman–Crippen MR) is 84.0 cm³/mol. The van der Waals surface area contributed by atoms with E-state index in [1.807, 2.05) is 13.0 Å². The van der Waals surface area contributed by atoms with Crippen molar-refractivity contribution in [1.29, 1.82) is 0 Å². The highest BCUT2D eigenvalue weighted by atomic mass is 79.9. The van der Waals surface area contributed by atoms with Gasteiger partial charge in [0.15, 0.2) is 0 Å². The molecule has 1 unspecified atom stereocenters. The monoisotopic (exact) mass is 352 g/mol. The van der Waals surface area contributed by atoms with Crippen molar-refractivity contribution in [2.24, 2.45) is 0 Å². The molecule has 0 radical (unpaired) electrons. The van der Waals surface area contributed by atoms with Crippen LogP contribution in [0.25, 0.3) is 0 Å². The Balaban J connectivity index is 2.21. The lowest BCUT2D eigenvalue weighted by molar-refractivity contribution is -0.384. The lowest BCUT2D eigenvalue weighted by Crippen LogP contribution is -2.07. The number of nitro groups is 1. The van der Waals surface area contributed by atoms with Crippen LogP contribution in [0.1, 0.15) is 24.1 Å². The van der Waals surface area contributed by atoms with Gasteiger partial charge in [0.25, 0.3) is 5.69 Å². The summed E-state index contributed by atoms with van der Waals surface area (Å²) in [6, 6.07) is 9.44. The Morgan fingerprint density at radius 1 is 1.29 bits per heavy atom. The second-order valence-electron chi connectivity index (χ2n) is 4.80. The summed E-state index contributed by atoms with van der Waals surface area (Å²) in [6.45, 7) is 3.61. The summed E-state index contributed by atoms with van der Waals surface area (Å²) < 4.78 is 14.2. The molecule has 2 aromatic carbocycles. The average Bonchev–Trinajstić information content (AvgIpc) is 2.43. The molecule has 110 valence electrons. The summed E-state index contributed by atoms with van der Waals surface area (Å²) in [5.41, 5.74) is 2.14. The Bertz CT molecular complexity index is 691. The van der Waals surface area contributed by atoms with Gasteiger partial charge in [0, 0.05) is 28.3 Å². The molecule has 0 heterocycles. The highest BCUT2D eigenvalue weighted by molar-refractivity contribution is 9.10. The summed E-state index contributed by atoms with van der Waals surface area (Å²) in [5, 5.41) is 13.9. The average molecular weight is 353 g/mol. The molecule has 6 heteroatoms. The van der Waals surface area contributed by atoms with Crippen molar-refractivity contribution in [3.63, 3.8) is 0 Å². The molecular weight excluding hydrogens is 339 g/mol. The number of rotatable bonds is 4. The van der Waals surface area contributed by atoms with Crippen molar-refractivity contribution in [2.45, 2.75) is 19.9 Å². The van der Waals surface area contributed by atoms with Crippen LogP contribution in [-0.2, 0) is 0 Å². The fourth-order valence-corrected chi connectivity index (χ4v) is 2.41. The third-order valence-electron chi connectivity index (χ3n) is 3.23. The zero-order valence-electron chi connectivity index (χ0n) is 11.6. The molecule has 2 aromatic rings. The number of non-ortho nitro benzene ring substituents is 1.